The Bertz CT molecular complexity index is 653. The van der Waals surface area contributed by atoms with Crippen LogP contribution in [0, 0.1) is 0 Å². The molecule has 84 valence electrons. The van der Waals surface area contributed by atoms with E-state index in [1.807, 2.05) is 31.2 Å². The maximum atomic E-state index is 5.16. The molecule has 17 heavy (non-hydrogen) atoms. The lowest BCUT2D eigenvalue weighted by Gasteiger charge is -2.01. The molecular formula is C14H12N2O. The van der Waals surface area contributed by atoms with Gasteiger partial charge >= 0.3 is 0 Å². The van der Waals surface area contributed by atoms with Gasteiger partial charge in [-0.3, -0.25) is 0 Å². The van der Waals surface area contributed by atoms with Gasteiger partial charge in [0.25, 0.3) is 0 Å². The fourth-order valence-corrected chi connectivity index (χ4v) is 1.93. The number of aryl methyl sites for hydroxylation is 1. The van der Waals surface area contributed by atoms with Gasteiger partial charge in [-0.2, -0.15) is 4.98 Å². The summed E-state index contributed by atoms with van der Waals surface area (Å²) < 4.78 is 5.16. The Hall–Kier alpha value is -2.16. The van der Waals surface area contributed by atoms with E-state index in [-0.39, 0.29) is 0 Å². The highest BCUT2D eigenvalue weighted by molar-refractivity contribution is 5.94. The van der Waals surface area contributed by atoms with E-state index >= 15 is 0 Å². The van der Waals surface area contributed by atoms with E-state index in [1.165, 1.54) is 5.39 Å². The van der Waals surface area contributed by atoms with Crippen LogP contribution in [0.15, 0.2) is 47.0 Å². The standard InChI is InChI=1S/C14H12N2O/c1-2-13-15-14(16-17-13)12-9-5-7-10-6-3-4-8-11(10)12/h3-9H,2H2,1H3. The number of aromatic nitrogens is 2. The van der Waals surface area contributed by atoms with E-state index in [4.69, 9.17) is 4.52 Å². The van der Waals surface area contributed by atoms with Gasteiger partial charge in [0.05, 0.1) is 0 Å². The van der Waals surface area contributed by atoms with Gasteiger partial charge in [-0.1, -0.05) is 54.5 Å². The molecule has 0 bridgehead atoms. The molecule has 0 aliphatic heterocycles. The molecular weight excluding hydrogens is 212 g/mol. The van der Waals surface area contributed by atoms with Gasteiger partial charge < -0.3 is 4.52 Å². The Morgan fingerprint density at radius 2 is 1.88 bits per heavy atom. The summed E-state index contributed by atoms with van der Waals surface area (Å²) in [7, 11) is 0. The number of hydrogen-bond acceptors (Lipinski definition) is 3. The molecule has 0 atom stereocenters. The van der Waals surface area contributed by atoms with Gasteiger partial charge in [0, 0.05) is 12.0 Å². The molecule has 0 spiro atoms. The van der Waals surface area contributed by atoms with E-state index in [0.717, 1.165) is 17.4 Å². The van der Waals surface area contributed by atoms with Crippen molar-refractivity contribution in [3.63, 3.8) is 0 Å². The Balaban J connectivity index is 2.23. The fourth-order valence-electron chi connectivity index (χ4n) is 1.93. The lowest BCUT2D eigenvalue weighted by atomic mass is 10.0. The molecule has 3 heteroatoms. The first-order valence-corrected chi connectivity index (χ1v) is 5.69. The predicted molar refractivity (Wildman–Crippen MR) is 66.6 cm³/mol. The van der Waals surface area contributed by atoms with E-state index in [1.54, 1.807) is 0 Å². The van der Waals surface area contributed by atoms with Crippen molar-refractivity contribution in [2.45, 2.75) is 13.3 Å². The SMILES string of the molecule is CCc1nc(-c2cccc3ccccc23)no1. The van der Waals surface area contributed by atoms with Crippen LogP contribution in [0.25, 0.3) is 22.2 Å². The van der Waals surface area contributed by atoms with Gasteiger partial charge in [0.1, 0.15) is 0 Å². The molecule has 0 radical (unpaired) electrons. The molecule has 1 heterocycles. The molecule has 0 aliphatic carbocycles. The molecule has 3 rings (SSSR count). The van der Waals surface area contributed by atoms with Crippen molar-refractivity contribution in [1.82, 2.24) is 10.1 Å². The summed E-state index contributed by atoms with van der Waals surface area (Å²) >= 11 is 0. The second-order valence-corrected chi connectivity index (χ2v) is 3.89. The minimum absolute atomic E-state index is 0.665. The molecule has 3 nitrogen and oxygen atoms in total. The summed E-state index contributed by atoms with van der Waals surface area (Å²) in [6.07, 6.45) is 0.762. The maximum Gasteiger partial charge on any atom is 0.226 e. The average molecular weight is 224 g/mol. The van der Waals surface area contributed by atoms with Crippen molar-refractivity contribution in [2.75, 3.05) is 0 Å². The van der Waals surface area contributed by atoms with Crippen molar-refractivity contribution in [3.8, 4) is 11.4 Å². The van der Waals surface area contributed by atoms with Gasteiger partial charge in [-0.05, 0) is 10.8 Å². The molecule has 0 amide bonds. The van der Waals surface area contributed by atoms with Gasteiger partial charge in [0.15, 0.2) is 0 Å². The highest BCUT2D eigenvalue weighted by Crippen LogP contribution is 2.26. The van der Waals surface area contributed by atoms with Crippen molar-refractivity contribution < 1.29 is 4.52 Å². The molecule has 1 aromatic heterocycles. The first-order valence-electron chi connectivity index (χ1n) is 5.69. The van der Waals surface area contributed by atoms with E-state index < -0.39 is 0 Å². The minimum atomic E-state index is 0.665. The molecule has 0 fully saturated rings. The summed E-state index contributed by atoms with van der Waals surface area (Å²) in [6.45, 7) is 2.00. The van der Waals surface area contributed by atoms with Crippen LogP contribution < -0.4 is 0 Å². The van der Waals surface area contributed by atoms with Crippen LogP contribution in [0.2, 0.25) is 0 Å². The lowest BCUT2D eigenvalue weighted by Crippen LogP contribution is -1.84. The molecule has 2 aromatic carbocycles. The fraction of sp³-hybridized carbons (Fsp3) is 0.143. The summed E-state index contributed by atoms with van der Waals surface area (Å²) in [5.74, 6) is 1.34. The van der Waals surface area contributed by atoms with Gasteiger partial charge in [0.2, 0.25) is 11.7 Å². The van der Waals surface area contributed by atoms with Crippen molar-refractivity contribution in [3.05, 3.63) is 48.4 Å². The smallest absolute Gasteiger partial charge is 0.226 e. The van der Waals surface area contributed by atoms with Crippen LogP contribution in [0.1, 0.15) is 12.8 Å². The zero-order valence-electron chi connectivity index (χ0n) is 9.55. The van der Waals surface area contributed by atoms with Crippen molar-refractivity contribution >= 4 is 10.8 Å². The monoisotopic (exact) mass is 224 g/mol. The number of nitrogens with zero attached hydrogens (tertiary/aromatic N) is 2. The maximum absolute atomic E-state index is 5.16. The van der Waals surface area contributed by atoms with Crippen LogP contribution in [0.4, 0.5) is 0 Å². The predicted octanol–water partition coefficient (Wildman–Crippen LogP) is 3.45. The summed E-state index contributed by atoms with van der Waals surface area (Å²) in [6, 6.07) is 14.3. The van der Waals surface area contributed by atoms with E-state index in [9.17, 15) is 0 Å². The Morgan fingerprint density at radius 3 is 2.71 bits per heavy atom. The average Bonchev–Trinajstić information content (AvgIpc) is 2.87. The highest BCUT2D eigenvalue weighted by atomic mass is 16.5. The highest BCUT2D eigenvalue weighted by Gasteiger charge is 2.09. The molecule has 0 unspecified atom stereocenters. The largest absolute Gasteiger partial charge is 0.339 e. The first kappa shape index (κ1) is 10.0. The van der Waals surface area contributed by atoms with E-state index in [2.05, 4.69) is 28.3 Å². The van der Waals surface area contributed by atoms with Crippen LogP contribution in [0.3, 0.4) is 0 Å². The molecule has 0 aliphatic rings. The molecule has 3 aromatic rings. The van der Waals surface area contributed by atoms with Crippen molar-refractivity contribution in [1.29, 1.82) is 0 Å². The summed E-state index contributed by atoms with van der Waals surface area (Å²) in [4.78, 5) is 4.37. The number of rotatable bonds is 2. The zero-order chi connectivity index (χ0) is 11.7. The minimum Gasteiger partial charge on any atom is -0.339 e. The van der Waals surface area contributed by atoms with Crippen LogP contribution in [0.5, 0.6) is 0 Å². The second kappa shape index (κ2) is 4.01. The molecule has 0 N–H and O–H groups in total. The zero-order valence-corrected chi connectivity index (χ0v) is 9.55. The molecule has 0 saturated heterocycles. The Kier molecular flexibility index (Phi) is 2.37. The normalized spacial score (nSPS) is 10.9. The van der Waals surface area contributed by atoms with Gasteiger partial charge in [-0.25, -0.2) is 0 Å². The van der Waals surface area contributed by atoms with Crippen molar-refractivity contribution in [2.24, 2.45) is 0 Å². The number of benzene rings is 2. The van der Waals surface area contributed by atoms with E-state index in [0.29, 0.717) is 11.7 Å². The quantitative estimate of drug-likeness (QED) is 0.669. The van der Waals surface area contributed by atoms with Gasteiger partial charge in [-0.15, -0.1) is 0 Å². The van der Waals surface area contributed by atoms with Crippen LogP contribution in [-0.4, -0.2) is 10.1 Å². The van der Waals surface area contributed by atoms with Crippen LogP contribution >= 0.6 is 0 Å². The number of fused-ring (bicyclic) bond motifs is 1. The third-order valence-corrected chi connectivity index (χ3v) is 2.80. The topological polar surface area (TPSA) is 38.9 Å². The van der Waals surface area contributed by atoms with Crippen LogP contribution in [-0.2, 0) is 6.42 Å². The summed E-state index contributed by atoms with van der Waals surface area (Å²) in [5, 5.41) is 6.36. The third kappa shape index (κ3) is 1.69. The lowest BCUT2D eigenvalue weighted by molar-refractivity contribution is 0.383. The molecule has 0 saturated carbocycles. The first-order chi connectivity index (χ1) is 8.38. The number of hydrogen-bond donors (Lipinski definition) is 0. The Labute approximate surface area is 99.1 Å². The second-order valence-electron chi connectivity index (χ2n) is 3.89. The third-order valence-electron chi connectivity index (χ3n) is 2.80. The Morgan fingerprint density at radius 1 is 1.06 bits per heavy atom. The summed E-state index contributed by atoms with van der Waals surface area (Å²) in [5.41, 5.74) is 1.02.